The van der Waals surface area contributed by atoms with E-state index in [1.807, 2.05) is 37.3 Å². The van der Waals surface area contributed by atoms with Gasteiger partial charge in [0.2, 0.25) is 5.78 Å². The Bertz CT molecular complexity index is 752. The fourth-order valence-corrected chi connectivity index (χ4v) is 1.89. The highest BCUT2D eigenvalue weighted by molar-refractivity contribution is 6.05. The number of aromatic amines is 1. The quantitative estimate of drug-likeness (QED) is 0.583. The molecule has 3 rings (SSSR count). The number of aryl methyl sites for hydroxylation is 1. The number of aromatic nitrogens is 3. The Balaban J connectivity index is 1.83. The first kappa shape index (κ1) is 12.3. The third-order valence-corrected chi connectivity index (χ3v) is 3.00. The van der Waals surface area contributed by atoms with Gasteiger partial charge >= 0.3 is 0 Å². The number of H-pyrrole nitrogens is 1. The number of allylic oxidation sites excluding steroid dienone is 1. The molecular weight excluding hydrogens is 250 g/mol. The van der Waals surface area contributed by atoms with Crippen LogP contribution in [-0.2, 0) is 0 Å². The molecule has 0 spiro atoms. The Morgan fingerprint density at radius 3 is 2.75 bits per heavy atom. The molecule has 0 fully saturated rings. The second-order valence-electron chi connectivity index (χ2n) is 4.57. The Morgan fingerprint density at radius 1 is 1.20 bits per heavy atom. The summed E-state index contributed by atoms with van der Waals surface area (Å²) in [6, 6.07) is 11.6. The number of rotatable bonds is 3. The maximum Gasteiger partial charge on any atom is 0.221 e. The van der Waals surface area contributed by atoms with Crippen molar-refractivity contribution < 1.29 is 4.79 Å². The first-order chi connectivity index (χ1) is 9.72. The summed E-state index contributed by atoms with van der Waals surface area (Å²) in [5.41, 5.74) is 3.49. The van der Waals surface area contributed by atoms with E-state index in [1.165, 1.54) is 11.6 Å². The van der Waals surface area contributed by atoms with Crippen LogP contribution in [0.2, 0.25) is 0 Å². The van der Waals surface area contributed by atoms with Crippen molar-refractivity contribution in [1.29, 1.82) is 0 Å². The Kier molecular flexibility index (Phi) is 3.13. The number of nitrogens with one attached hydrogen (secondary N) is 1. The maximum absolute atomic E-state index is 12.0. The molecule has 0 radical (unpaired) electrons. The molecule has 3 aromatic rings. The molecule has 0 aliphatic heterocycles. The highest BCUT2D eigenvalue weighted by atomic mass is 16.1. The molecule has 1 aromatic carbocycles. The monoisotopic (exact) mass is 263 g/mol. The van der Waals surface area contributed by atoms with Crippen molar-refractivity contribution >= 4 is 23.0 Å². The van der Waals surface area contributed by atoms with Crippen molar-refractivity contribution in [3.8, 4) is 0 Å². The highest BCUT2D eigenvalue weighted by Gasteiger charge is 2.08. The number of fused-ring (bicyclic) bond motifs is 1. The molecule has 4 heteroatoms. The SMILES string of the molecule is Cc1ccc(/C=C\C(=O)c2nc3ncccc3[nH]2)cc1. The second kappa shape index (κ2) is 5.09. The number of hydrogen-bond donors (Lipinski definition) is 1. The van der Waals surface area contributed by atoms with Gasteiger partial charge in [0.25, 0.3) is 0 Å². The molecule has 2 aromatic heterocycles. The van der Waals surface area contributed by atoms with Crippen molar-refractivity contribution in [2.45, 2.75) is 6.92 Å². The number of nitrogens with zero attached hydrogens (tertiary/aromatic N) is 2. The zero-order valence-electron chi connectivity index (χ0n) is 11.0. The summed E-state index contributed by atoms with van der Waals surface area (Å²) in [4.78, 5) is 23.3. The molecule has 0 atom stereocenters. The number of pyridine rings is 1. The molecule has 0 amide bonds. The summed E-state index contributed by atoms with van der Waals surface area (Å²) in [6.07, 6.45) is 4.95. The van der Waals surface area contributed by atoms with E-state index in [4.69, 9.17) is 0 Å². The van der Waals surface area contributed by atoms with Crippen LogP contribution in [0.25, 0.3) is 17.2 Å². The summed E-state index contributed by atoms with van der Waals surface area (Å²) >= 11 is 0. The molecule has 0 unspecified atom stereocenters. The van der Waals surface area contributed by atoms with E-state index in [0.717, 1.165) is 11.1 Å². The molecule has 4 nitrogen and oxygen atoms in total. The topological polar surface area (TPSA) is 58.6 Å². The van der Waals surface area contributed by atoms with Gasteiger partial charge in [0.1, 0.15) is 0 Å². The third-order valence-electron chi connectivity index (χ3n) is 3.00. The minimum atomic E-state index is -0.163. The number of ketones is 1. The van der Waals surface area contributed by atoms with E-state index < -0.39 is 0 Å². The molecule has 0 saturated carbocycles. The van der Waals surface area contributed by atoms with Crippen molar-refractivity contribution in [3.05, 3.63) is 65.6 Å². The molecule has 0 saturated heterocycles. The molecule has 0 bridgehead atoms. The summed E-state index contributed by atoms with van der Waals surface area (Å²) in [7, 11) is 0. The lowest BCUT2D eigenvalue weighted by Crippen LogP contribution is -1.96. The summed E-state index contributed by atoms with van der Waals surface area (Å²) in [5.74, 6) is 0.144. The lowest BCUT2D eigenvalue weighted by molar-refractivity contribution is 0.103. The van der Waals surface area contributed by atoms with Gasteiger partial charge in [-0.1, -0.05) is 35.9 Å². The highest BCUT2D eigenvalue weighted by Crippen LogP contribution is 2.10. The molecule has 0 aliphatic carbocycles. The van der Waals surface area contributed by atoms with E-state index in [2.05, 4.69) is 15.0 Å². The number of carbonyl (C=O) groups is 1. The number of hydrogen-bond acceptors (Lipinski definition) is 3. The van der Waals surface area contributed by atoms with Crippen LogP contribution in [0.15, 0.2) is 48.7 Å². The molecule has 20 heavy (non-hydrogen) atoms. The average Bonchev–Trinajstić information content (AvgIpc) is 2.90. The first-order valence-corrected chi connectivity index (χ1v) is 6.32. The van der Waals surface area contributed by atoms with Gasteiger partial charge in [-0.05, 0) is 30.7 Å². The fraction of sp³-hybridized carbons (Fsp3) is 0.0625. The third kappa shape index (κ3) is 2.49. The van der Waals surface area contributed by atoms with Crippen molar-refractivity contribution in [2.75, 3.05) is 0 Å². The van der Waals surface area contributed by atoms with E-state index in [9.17, 15) is 4.79 Å². The van der Waals surface area contributed by atoms with Gasteiger partial charge in [0, 0.05) is 6.20 Å². The zero-order valence-corrected chi connectivity index (χ0v) is 11.0. The number of benzene rings is 1. The normalized spacial score (nSPS) is 11.2. The van der Waals surface area contributed by atoms with Gasteiger partial charge in [-0.3, -0.25) is 4.79 Å². The van der Waals surface area contributed by atoms with Gasteiger partial charge < -0.3 is 4.98 Å². The largest absolute Gasteiger partial charge is 0.334 e. The van der Waals surface area contributed by atoms with Gasteiger partial charge in [-0.25, -0.2) is 9.97 Å². The van der Waals surface area contributed by atoms with Gasteiger partial charge in [-0.2, -0.15) is 0 Å². The minimum Gasteiger partial charge on any atom is -0.334 e. The van der Waals surface area contributed by atoms with E-state index in [0.29, 0.717) is 11.5 Å². The first-order valence-electron chi connectivity index (χ1n) is 6.32. The van der Waals surface area contributed by atoms with Crippen LogP contribution >= 0.6 is 0 Å². The van der Waals surface area contributed by atoms with Crippen LogP contribution in [-0.4, -0.2) is 20.7 Å². The lowest BCUT2D eigenvalue weighted by atomic mass is 10.1. The number of carbonyl (C=O) groups excluding carboxylic acids is 1. The average molecular weight is 263 g/mol. The van der Waals surface area contributed by atoms with Gasteiger partial charge in [-0.15, -0.1) is 0 Å². The van der Waals surface area contributed by atoms with Crippen LogP contribution < -0.4 is 0 Å². The Labute approximate surface area is 116 Å². The van der Waals surface area contributed by atoms with Gasteiger partial charge in [0.05, 0.1) is 5.52 Å². The smallest absolute Gasteiger partial charge is 0.221 e. The number of imidazole rings is 1. The van der Waals surface area contributed by atoms with Crippen molar-refractivity contribution in [1.82, 2.24) is 15.0 Å². The van der Waals surface area contributed by atoms with Crippen LogP contribution in [0, 0.1) is 6.92 Å². The van der Waals surface area contributed by atoms with Crippen LogP contribution in [0.5, 0.6) is 0 Å². The van der Waals surface area contributed by atoms with Crippen LogP contribution in [0.3, 0.4) is 0 Å². The fourth-order valence-electron chi connectivity index (χ4n) is 1.89. The Morgan fingerprint density at radius 2 is 2.00 bits per heavy atom. The molecular formula is C16H13N3O. The molecule has 1 N–H and O–H groups in total. The maximum atomic E-state index is 12.0. The van der Waals surface area contributed by atoms with Crippen molar-refractivity contribution in [2.24, 2.45) is 0 Å². The van der Waals surface area contributed by atoms with E-state index >= 15 is 0 Å². The Hall–Kier alpha value is -2.75. The summed E-state index contributed by atoms with van der Waals surface area (Å²) in [6.45, 7) is 2.03. The van der Waals surface area contributed by atoms with Crippen LogP contribution in [0.1, 0.15) is 21.7 Å². The second-order valence-corrected chi connectivity index (χ2v) is 4.57. The molecule has 98 valence electrons. The van der Waals surface area contributed by atoms with Crippen molar-refractivity contribution in [3.63, 3.8) is 0 Å². The van der Waals surface area contributed by atoms with E-state index in [1.54, 1.807) is 18.3 Å². The summed E-state index contributed by atoms with van der Waals surface area (Å²) < 4.78 is 0. The predicted octanol–water partition coefficient (Wildman–Crippen LogP) is 3.16. The standard InChI is InChI=1S/C16H13N3O/c1-11-4-6-12(7-5-11)8-9-14(20)16-18-13-3-2-10-17-15(13)19-16/h2-10H,1H3,(H,17,18,19)/b9-8-. The minimum absolute atomic E-state index is 0.163. The summed E-state index contributed by atoms with van der Waals surface area (Å²) in [5, 5.41) is 0. The van der Waals surface area contributed by atoms with Crippen LogP contribution in [0.4, 0.5) is 0 Å². The van der Waals surface area contributed by atoms with E-state index in [-0.39, 0.29) is 5.78 Å². The lowest BCUT2D eigenvalue weighted by Gasteiger charge is -1.94. The zero-order chi connectivity index (χ0) is 13.9. The van der Waals surface area contributed by atoms with Gasteiger partial charge in [0.15, 0.2) is 11.5 Å². The molecule has 2 heterocycles. The predicted molar refractivity (Wildman–Crippen MR) is 78.4 cm³/mol. The molecule has 0 aliphatic rings.